The van der Waals surface area contributed by atoms with Gasteiger partial charge >= 0.3 is 0 Å². The van der Waals surface area contributed by atoms with Crippen LogP contribution in [0.2, 0.25) is 0 Å². The number of nitrogens with zero attached hydrogens (tertiary/aromatic N) is 5. The monoisotopic (exact) mass is 318 g/mol. The van der Waals surface area contributed by atoms with E-state index in [2.05, 4.69) is 15.1 Å². The summed E-state index contributed by atoms with van der Waals surface area (Å²) in [4.78, 5) is 22.4. The van der Waals surface area contributed by atoms with Gasteiger partial charge in [0, 0.05) is 25.0 Å². The molecule has 1 aliphatic heterocycles. The van der Waals surface area contributed by atoms with Gasteiger partial charge in [-0.1, -0.05) is 17.8 Å². The van der Waals surface area contributed by atoms with Gasteiger partial charge in [0.2, 0.25) is 17.0 Å². The first-order chi connectivity index (χ1) is 10.7. The second-order valence-corrected chi connectivity index (χ2v) is 6.05. The second kappa shape index (κ2) is 6.78. The number of carbonyl (C=O) groups excluding carboxylic acids is 1. The summed E-state index contributed by atoms with van der Waals surface area (Å²) in [7, 11) is 0. The molecule has 2 aromatic rings. The van der Waals surface area contributed by atoms with E-state index >= 15 is 0 Å². The minimum Gasteiger partial charge on any atom is -0.368 e. The first-order valence-electron chi connectivity index (χ1n) is 7.23. The summed E-state index contributed by atoms with van der Waals surface area (Å²) in [6, 6.07) is 5.77. The van der Waals surface area contributed by atoms with Crippen LogP contribution in [-0.4, -0.2) is 43.6 Å². The van der Waals surface area contributed by atoms with Gasteiger partial charge in [0.05, 0.1) is 5.69 Å². The molecule has 8 heteroatoms. The van der Waals surface area contributed by atoms with Crippen LogP contribution >= 0.6 is 11.8 Å². The average Bonchev–Trinajstić information content (AvgIpc) is 3.17. The van der Waals surface area contributed by atoms with E-state index in [0.717, 1.165) is 31.6 Å². The third-order valence-electron chi connectivity index (χ3n) is 3.50. The molecule has 0 atom stereocenters. The third kappa shape index (κ3) is 3.56. The first-order valence-corrected chi connectivity index (χ1v) is 8.22. The Morgan fingerprint density at radius 1 is 1.32 bits per heavy atom. The molecule has 7 nitrogen and oxygen atoms in total. The van der Waals surface area contributed by atoms with Gasteiger partial charge in [-0.15, -0.1) is 5.10 Å². The molecule has 0 aliphatic carbocycles. The highest BCUT2D eigenvalue weighted by molar-refractivity contribution is 7.98. The van der Waals surface area contributed by atoms with E-state index in [4.69, 9.17) is 5.73 Å². The Kier molecular flexibility index (Phi) is 4.57. The summed E-state index contributed by atoms with van der Waals surface area (Å²) in [6.07, 6.45) is 3.90. The number of pyridine rings is 1. The van der Waals surface area contributed by atoms with Gasteiger partial charge in [0.15, 0.2) is 0 Å². The van der Waals surface area contributed by atoms with Crippen molar-refractivity contribution in [3.05, 3.63) is 30.1 Å². The van der Waals surface area contributed by atoms with Crippen LogP contribution in [0.15, 0.2) is 29.6 Å². The Balaban J connectivity index is 1.59. The topological polar surface area (TPSA) is 89.9 Å². The lowest BCUT2D eigenvalue weighted by atomic mass is 10.4. The number of thioether (sulfide) groups is 1. The fraction of sp³-hybridized carbons (Fsp3) is 0.429. The fourth-order valence-electron chi connectivity index (χ4n) is 2.33. The minimum atomic E-state index is 0.0513. The van der Waals surface area contributed by atoms with E-state index in [9.17, 15) is 4.79 Å². The number of aromatic nitrogens is 4. The summed E-state index contributed by atoms with van der Waals surface area (Å²) in [5.41, 5.74) is 6.80. The maximum Gasteiger partial charge on any atom is 0.244 e. The number of nitrogens with two attached hydrogens (primary N) is 1. The lowest BCUT2D eigenvalue weighted by molar-refractivity contribution is -0.130. The summed E-state index contributed by atoms with van der Waals surface area (Å²) in [5.74, 6) is 0.996. The minimum absolute atomic E-state index is 0.0513. The molecule has 116 valence electrons. The second-order valence-electron chi connectivity index (χ2n) is 5.11. The molecule has 0 unspecified atom stereocenters. The van der Waals surface area contributed by atoms with E-state index in [1.807, 2.05) is 23.1 Å². The van der Waals surface area contributed by atoms with Crippen LogP contribution in [0.25, 0.3) is 0 Å². The van der Waals surface area contributed by atoms with Crippen molar-refractivity contribution >= 4 is 23.6 Å². The lowest BCUT2D eigenvalue weighted by Crippen LogP contribution is -2.31. The highest BCUT2D eigenvalue weighted by Crippen LogP contribution is 2.19. The molecule has 22 heavy (non-hydrogen) atoms. The van der Waals surface area contributed by atoms with Crippen LogP contribution in [0.3, 0.4) is 0 Å². The van der Waals surface area contributed by atoms with Gasteiger partial charge in [0.25, 0.3) is 0 Å². The summed E-state index contributed by atoms with van der Waals surface area (Å²) in [6.45, 7) is 1.81. The molecule has 0 spiro atoms. The van der Waals surface area contributed by atoms with Crippen molar-refractivity contribution in [2.75, 3.05) is 18.8 Å². The highest BCUT2D eigenvalue weighted by Gasteiger charge is 2.20. The maximum absolute atomic E-state index is 12.1. The van der Waals surface area contributed by atoms with Crippen molar-refractivity contribution < 1.29 is 4.79 Å². The number of anilines is 1. The van der Waals surface area contributed by atoms with Crippen molar-refractivity contribution in [1.29, 1.82) is 0 Å². The Morgan fingerprint density at radius 3 is 2.86 bits per heavy atom. The van der Waals surface area contributed by atoms with Crippen molar-refractivity contribution in [3.8, 4) is 0 Å². The first kappa shape index (κ1) is 14.8. The van der Waals surface area contributed by atoms with Gasteiger partial charge in [-0.2, -0.15) is 4.98 Å². The number of carbonyl (C=O) groups is 1. The zero-order valence-corrected chi connectivity index (χ0v) is 13.0. The van der Waals surface area contributed by atoms with Gasteiger partial charge in [-0.05, 0) is 25.0 Å². The molecular weight excluding hydrogens is 300 g/mol. The van der Waals surface area contributed by atoms with Crippen LogP contribution in [0.5, 0.6) is 0 Å². The largest absolute Gasteiger partial charge is 0.368 e. The van der Waals surface area contributed by atoms with E-state index in [-0.39, 0.29) is 18.4 Å². The van der Waals surface area contributed by atoms with Gasteiger partial charge in [-0.25, -0.2) is 4.68 Å². The Labute approximate surface area is 132 Å². The molecular formula is C14H18N6OS. The third-order valence-corrected chi connectivity index (χ3v) is 4.37. The van der Waals surface area contributed by atoms with Crippen LogP contribution in [0, 0.1) is 0 Å². The number of amides is 1. The molecule has 1 fully saturated rings. The number of hydrogen-bond acceptors (Lipinski definition) is 6. The van der Waals surface area contributed by atoms with Crippen LogP contribution < -0.4 is 5.73 Å². The van der Waals surface area contributed by atoms with Gasteiger partial charge in [0.1, 0.15) is 6.54 Å². The quantitative estimate of drug-likeness (QED) is 0.832. The van der Waals surface area contributed by atoms with Gasteiger partial charge < -0.3 is 10.6 Å². The molecule has 2 N–H and O–H groups in total. The Hall–Kier alpha value is -2.09. The SMILES string of the molecule is Nc1nc(SCc2ccccn2)nn1CC(=O)N1CCCC1. The molecule has 2 aromatic heterocycles. The van der Waals surface area contributed by atoms with E-state index < -0.39 is 0 Å². The number of likely N-dealkylation sites (tertiary alicyclic amines) is 1. The summed E-state index contributed by atoms with van der Waals surface area (Å²) in [5, 5.41) is 4.87. The maximum atomic E-state index is 12.1. The molecule has 0 radical (unpaired) electrons. The van der Waals surface area contributed by atoms with Crippen molar-refractivity contribution in [2.45, 2.75) is 30.3 Å². The molecule has 1 aliphatic rings. The predicted molar refractivity (Wildman–Crippen MR) is 84.0 cm³/mol. The number of hydrogen-bond donors (Lipinski definition) is 1. The molecule has 0 saturated carbocycles. The van der Waals surface area contributed by atoms with Crippen LogP contribution in [-0.2, 0) is 17.1 Å². The highest BCUT2D eigenvalue weighted by atomic mass is 32.2. The summed E-state index contributed by atoms with van der Waals surface area (Å²) >= 11 is 1.46. The Morgan fingerprint density at radius 2 is 2.14 bits per heavy atom. The molecule has 3 heterocycles. The number of rotatable bonds is 5. The summed E-state index contributed by atoms with van der Waals surface area (Å²) < 4.78 is 1.47. The Bertz CT molecular complexity index is 638. The van der Waals surface area contributed by atoms with Crippen molar-refractivity contribution in [1.82, 2.24) is 24.6 Å². The molecule has 1 amide bonds. The molecule has 0 aromatic carbocycles. The van der Waals surface area contributed by atoms with E-state index in [0.29, 0.717) is 10.9 Å². The standard InChI is InChI=1S/C14H18N6OS/c15-13-17-14(22-10-11-5-1-2-6-16-11)18-20(13)9-12(21)19-7-3-4-8-19/h1-2,5-6H,3-4,7-10H2,(H2,15,17,18). The van der Waals surface area contributed by atoms with Gasteiger partial charge in [-0.3, -0.25) is 9.78 Å². The smallest absolute Gasteiger partial charge is 0.244 e. The van der Waals surface area contributed by atoms with E-state index in [1.54, 1.807) is 6.20 Å². The predicted octanol–water partition coefficient (Wildman–Crippen LogP) is 1.17. The normalized spacial score (nSPS) is 14.5. The average molecular weight is 318 g/mol. The molecule has 0 bridgehead atoms. The van der Waals surface area contributed by atoms with Crippen molar-refractivity contribution in [3.63, 3.8) is 0 Å². The van der Waals surface area contributed by atoms with Crippen LogP contribution in [0.1, 0.15) is 18.5 Å². The number of nitrogen functional groups attached to an aromatic ring is 1. The zero-order chi connectivity index (χ0) is 15.4. The molecule has 1 saturated heterocycles. The van der Waals surface area contributed by atoms with E-state index in [1.165, 1.54) is 16.4 Å². The van der Waals surface area contributed by atoms with Crippen LogP contribution in [0.4, 0.5) is 5.95 Å². The molecule has 3 rings (SSSR count). The zero-order valence-electron chi connectivity index (χ0n) is 12.2. The lowest BCUT2D eigenvalue weighted by Gasteiger charge is -2.14. The van der Waals surface area contributed by atoms with Crippen molar-refractivity contribution in [2.24, 2.45) is 0 Å². The fourth-order valence-corrected chi connectivity index (χ4v) is 3.09.